The second-order valence-electron chi connectivity index (χ2n) is 6.63. The van der Waals surface area contributed by atoms with E-state index in [1.54, 1.807) is 0 Å². The third kappa shape index (κ3) is 2.71. The first-order chi connectivity index (χ1) is 9.41. The van der Waals surface area contributed by atoms with Gasteiger partial charge in [-0.3, -0.25) is 4.79 Å². The van der Waals surface area contributed by atoms with Gasteiger partial charge in [0.2, 0.25) is 5.91 Å². The number of carbonyl (C=O) groups excluding carboxylic acids is 1. The van der Waals surface area contributed by atoms with Crippen LogP contribution in [-0.2, 0) is 14.3 Å². The van der Waals surface area contributed by atoms with Crippen LogP contribution in [0.15, 0.2) is 0 Å². The second kappa shape index (κ2) is 6.00. The van der Waals surface area contributed by atoms with Crippen LogP contribution in [0, 0.1) is 11.3 Å². The van der Waals surface area contributed by atoms with Gasteiger partial charge in [-0.15, -0.1) is 0 Å². The molecule has 0 spiro atoms. The highest BCUT2D eigenvalue weighted by Crippen LogP contribution is 2.49. The summed E-state index contributed by atoms with van der Waals surface area (Å²) in [4.78, 5) is 12.4. The summed E-state index contributed by atoms with van der Waals surface area (Å²) in [5.74, 6) is 0.367. The van der Waals surface area contributed by atoms with Crippen molar-refractivity contribution < 1.29 is 14.3 Å². The molecule has 5 nitrogen and oxygen atoms in total. The zero-order valence-corrected chi connectivity index (χ0v) is 12.9. The van der Waals surface area contributed by atoms with E-state index in [2.05, 4.69) is 5.32 Å². The van der Waals surface area contributed by atoms with Crippen LogP contribution in [0.4, 0.5) is 0 Å². The largest absolute Gasteiger partial charge is 0.381 e. The van der Waals surface area contributed by atoms with E-state index in [0.29, 0.717) is 25.5 Å². The number of hydrogen-bond acceptors (Lipinski definition) is 4. The molecule has 1 aliphatic heterocycles. The molecule has 1 heterocycles. The molecule has 2 aliphatic rings. The zero-order chi connectivity index (χ0) is 14.8. The minimum Gasteiger partial charge on any atom is -0.381 e. The van der Waals surface area contributed by atoms with Crippen LogP contribution in [0.1, 0.15) is 40.0 Å². The quantitative estimate of drug-likeness (QED) is 0.792. The van der Waals surface area contributed by atoms with Gasteiger partial charge in [-0.2, -0.15) is 0 Å². The van der Waals surface area contributed by atoms with E-state index < -0.39 is 5.54 Å². The van der Waals surface area contributed by atoms with Crippen LogP contribution in [-0.4, -0.2) is 43.9 Å². The molecule has 3 N–H and O–H groups in total. The minimum atomic E-state index is -0.817. The lowest BCUT2D eigenvalue weighted by molar-refractivity contribution is -0.170. The molecule has 0 bridgehead atoms. The van der Waals surface area contributed by atoms with Gasteiger partial charge in [0.25, 0.3) is 0 Å². The van der Waals surface area contributed by atoms with E-state index in [9.17, 15) is 4.79 Å². The van der Waals surface area contributed by atoms with Gasteiger partial charge in [-0.05, 0) is 25.7 Å². The highest BCUT2D eigenvalue weighted by atomic mass is 16.5. The summed E-state index contributed by atoms with van der Waals surface area (Å²) >= 11 is 0. The maximum Gasteiger partial charge on any atom is 0.240 e. The van der Waals surface area contributed by atoms with Crippen LogP contribution >= 0.6 is 0 Å². The van der Waals surface area contributed by atoms with Crippen LogP contribution in [0.3, 0.4) is 0 Å². The fraction of sp³-hybridized carbons (Fsp3) is 0.933. The number of carbonyl (C=O) groups is 1. The summed E-state index contributed by atoms with van der Waals surface area (Å²) < 4.78 is 11.1. The van der Waals surface area contributed by atoms with Crippen molar-refractivity contribution in [2.45, 2.75) is 51.7 Å². The average molecular weight is 284 g/mol. The number of amides is 1. The number of ether oxygens (including phenoxy) is 2. The van der Waals surface area contributed by atoms with Crippen molar-refractivity contribution in [1.29, 1.82) is 0 Å². The first-order valence-electron chi connectivity index (χ1n) is 7.68. The average Bonchev–Trinajstić information content (AvgIpc) is 2.45. The Kier molecular flexibility index (Phi) is 4.72. The SMILES string of the molecule is CCOC1CC(N)(C(=O)NCC2CCCOC2)C1(C)C. The van der Waals surface area contributed by atoms with E-state index in [-0.39, 0.29) is 17.4 Å². The maximum absolute atomic E-state index is 12.4. The summed E-state index contributed by atoms with van der Waals surface area (Å²) in [7, 11) is 0. The van der Waals surface area contributed by atoms with Gasteiger partial charge in [0.1, 0.15) is 5.54 Å². The van der Waals surface area contributed by atoms with Gasteiger partial charge >= 0.3 is 0 Å². The zero-order valence-electron chi connectivity index (χ0n) is 12.9. The van der Waals surface area contributed by atoms with Gasteiger partial charge in [-0.25, -0.2) is 0 Å². The Morgan fingerprint density at radius 2 is 2.25 bits per heavy atom. The van der Waals surface area contributed by atoms with E-state index >= 15 is 0 Å². The molecule has 1 saturated carbocycles. The molecule has 2 rings (SSSR count). The lowest BCUT2D eigenvalue weighted by Crippen LogP contribution is -2.76. The molecule has 20 heavy (non-hydrogen) atoms. The molecule has 3 unspecified atom stereocenters. The fourth-order valence-electron chi connectivity index (χ4n) is 3.18. The molecule has 0 aromatic rings. The smallest absolute Gasteiger partial charge is 0.240 e. The standard InChI is InChI=1S/C15H28N2O3/c1-4-20-12-8-15(16,14(12,2)3)13(18)17-9-11-6-5-7-19-10-11/h11-12H,4-10,16H2,1-3H3,(H,17,18). The van der Waals surface area contributed by atoms with E-state index in [0.717, 1.165) is 26.1 Å². The van der Waals surface area contributed by atoms with Gasteiger partial charge < -0.3 is 20.5 Å². The van der Waals surface area contributed by atoms with E-state index in [1.165, 1.54) is 0 Å². The summed E-state index contributed by atoms with van der Waals surface area (Å²) in [6.45, 7) is 8.89. The molecular formula is C15H28N2O3. The molecular weight excluding hydrogens is 256 g/mol. The number of rotatable bonds is 5. The highest BCUT2D eigenvalue weighted by molar-refractivity contribution is 5.88. The van der Waals surface area contributed by atoms with Crippen LogP contribution in [0.2, 0.25) is 0 Å². The Hall–Kier alpha value is -0.650. The summed E-state index contributed by atoms with van der Waals surface area (Å²) in [5.41, 5.74) is 5.20. The minimum absolute atomic E-state index is 0.0518. The van der Waals surface area contributed by atoms with Crippen molar-refractivity contribution in [3.63, 3.8) is 0 Å². The van der Waals surface area contributed by atoms with Crippen molar-refractivity contribution >= 4 is 5.91 Å². The summed E-state index contributed by atoms with van der Waals surface area (Å²) in [6.07, 6.45) is 2.86. The van der Waals surface area contributed by atoms with E-state index in [1.807, 2.05) is 20.8 Å². The Morgan fingerprint density at radius 3 is 2.80 bits per heavy atom. The van der Waals surface area contributed by atoms with Crippen molar-refractivity contribution in [3.8, 4) is 0 Å². The van der Waals surface area contributed by atoms with E-state index in [4.69, 9.17) is 15.2 Å². The number of nitrogens with one attached hydrogen (secondary N) is 1. The van der Waals surface area contributed by atoms with Gasteiger partial charge in [0.05, 0.1) is 12.7 Å². The first-order valence-corrected chi connectivity index (χ1v) is 7.68. The molecule has 0 aromatic carbocycles. The Balaban J connectivity index is 1.85. The lowest BCUT2D eigenvalue weighted by Gasteiger charge is -2.57. The molecule has 2 fully saturated rings. The maximum atomic E-state index is 12.4. The van der Waals surface area contributed by atoms with Crippen molar-refractivity contribution in [1.82, 2.24) is 5.32 Å². The van der Waals surface area contributed by atoms with Gasteiger partial charge in [-0.1, -0.05) is 13.8 Å². The highest BCUT2D eigenvalue weighted by Gasteiger charge is 2.62. The van der Waals surface area contributed by atoms with Crippen LogP contribution in [0.5, 0.6) is 0 Å². The van der Waals surface area contributed by atoms with Gasteiger partial charge in [0, 0.05) is 31.6 Å². The molecule has 3 atom stereocenters. The van der Waals surface area contributed by atoms with Crippen LogP contribution < -0.4 is 11.1 Å². The Morgan fingerprint density at radius 1 is 1.50 bits per heavy atom. The third-order valence-corrected chi connectivity index (χ3v) is 5.04. The molecule has 1 saturated heterocycles. The molecule has 0 aromatic heterocycles. The van der Waals surface area contributed by atoms with Gasteiger partial charge in [0.15, 0.2) is 0 Å². The number of nitrogens with two attached hydrogens (primary N) is 1. The third-order valence-electron chi connectivity index (χ3n) is 5.04. The Bertz CT molecular complexity index is 353. The molecule has 116 valence electrons. The molecule has 0 radical (unpaired) electrons. The number of hydrogen-bond donors (Lipinski definition) is 2. The molecule has 1 aliphatic carbocycles. The molecule has 5 heteroatoms. The predicted octanol–water partition coefficient (Wildman–Crippen LogP) is 1.06. The van der Waals surface area contributed by atoms with Crippen molar-refractivity contribution in [2.24, 2.45) is 17.1 Å². The summed E-state index contributed by atoms with van der Waals surface area (Å²) in [6, 6.07) is 0. The van der Waals surface area contributed by atoms with Crippen molar-refractivity contribution in [2.75, 3.05) is 26.4 Å². The monoisotopic (exact) mass is 284 g/mol. The predicted molar refractivity (Wildman–Crippen MR) is 77.3 cm³/mol. The lowest BCUT2D eigenvalue weighted by atomic mass is 9.54. The first kappa shape index (κ1) is 15.7. The fourth-order valence-corrected chi connectivity index (χ4v) is 3.18. The topological polar surface area (TPSA) is 73.6 Å². The normalized spacial score (nSPS) is 36.2. The Labute approximate surface area is 121 Å². The summed E-state index contributed by atoms with van der Waals surface area (Å²) in [5, 5.41) is 3.01. The van der Waals surface area contributed by atoms with Crippen LogP contribution in [0.25, 0.3) is 0 Å². The second-order valence-corrected chi connectivity index (χ2v) is 6.63. The van der Waals surface area contributed by atoms with Crippen molar-refractivity contribution in [3.05, 3.63) is 0 Å². The molecule has 1 amide bonds.